The van der Waals surface area contributed by atoms with Crippen molar-refractivity contribution in [2.24, 2.45) is 11.8 Å². The van der Waals surface area contributed by atoms with Gasteiger partial charge in [-0.2, -0.15) is 0 Å². The third kappa shape index (κ3) is 7.04. The van der Waals surface area contributed by atoms with Crippen molar-refractivity contribution in [1.29, 1.82) is 0 Å². The van der Waals surface area contributed by atoms with Crippen molar-refractivity contribution in [3.8, 4) is 5.75 Å². The highest BCUT2D eigenvalue weighted by molar-refractivity contribution is 5.19. The largest absolute Gasteiger partial charge is 0.493 e. The Balaban J connectivity index is 2.06. The molecule has 1 rings (SSSR count). The molecule has 1 heteroatoms. The molecule has 0 fully saturated rings. The summed E-state index contributed by atoms with van der Waals surface area (Å²) in [7, 11) is 0. The van der Waals surface area contributed by atoms with Crippen LogP contribution in [-0.2, 0) is 0 Å². The lowest BCUT2D eigenvalue weighted by atomic mass is 9.98. The predicted molar refractivity (Wildman–Crippen MR) is 73.2 cm³/mol. The summed E-state index contributed by atoms with van der Waals surface area (Å²) in [4.78, 5) is 0. The first-order chi connectivity index (χ1) is 8.18. The van der Waals surface area contributed by atoms with Gasteiger partial charge in [0.05, 0.1) is 6.61 Å². The number of benzene rings is 1. The minimum atomic E-state index is 0.762. The normalized spacial score (nSPS) is 12.7. The predicted octanol–water partition coefficient (Wildman–Crippen LogP) is 4.72. The van der Waals surface area contributed by atoms with Crippen molar-refractivity contribution in [3.63, 3.8) is 0 Å². The summed E-state index contributed by atoms with van der Waals surface area (Å²) in [5.41, 5.74) is 0. The first-order valence-electron chi connectivity index (χ1n) is 6.78. The Kier molecular flexibility index (Phi) is 6.76. The summed E-state index contributed by atoms with van der Waals surface area (Å²) in [6.07, 6.45) is 5.15. The second kappa shape index (κ2) is 8.16. The third-order valence-corrected chi connectivity index (χ3v) is 3.03. The molecule has 95 valence electrons. The number of para-hydroxylation sites is 1. The Morgan fingerprint density at radius 3 is 2.59 bits per heavy atom. The van der Waals surface area contributed by atoms with Crippen LogP contribution in [0.3, 0.4) is 0 Å². The van der Waals surface area contributed by atoms with Gasteiger partial charge in [0.25, 0.3) is 0 Å². The van der Waals surface area contributed by atoms with Gasteiger partial charge < -0.3 is 4.74 Å². The summed E-state index contributed by atoms with van der Waals surface area (Å²) >= 11 is 0. The standard InChI is InChI=1S/C16H25O/c1-14(2)8-7-9-15(3)12-13-17-16-10-5-4-6-11-16/h4-6,10,14-15H,7-9,12-13H2,1-3H3. The molecule has 0 amide bonds. The van der Waals surface area contributed by atoms with Crippen LogP contribution in [0.25, 0.3) is 0 Å². The minimum absolute atomic E-state index is 0.762. The first-order valence-corrected chi connectivity index (χ1v) is 6.78. The second-order valence-corrected chi connectivity index (χ2v) is 5.29. The quantitative estimate of drug-likeness (QED) is 0.631. The van der Waals surface area contributed by atoms with Crippen molar-refractivity contribution in [3.05, 3.63) is 30.3 Å². The molecule has 17 heavy (non-hydrogen) atoms. The highest BCUT2D eigenvalue weighted by Crippen LogP contribution is 2.16. The first kappa shape index (κ1) is 14.1. The zero-order valence-electron chi connectivity index (χ0n) is 11.4. The summed E-state index contributed by atoms with van der Waals surface area (Å²) in [5.74, 6) is 2.46. The zero-order chi connectivity index (χ0) is 12.5. The van der Waals surface area contributed by atoms with Gasteiger partial charge in [0.1, 0.15) is 5.75 Å². The van der Waals surface area contributed by atoms with Crippen molar-refractivity contribution in [2.45, 2.75) is 46.5 Å². The molecule has 1 nitrogen and oxygen atoms in total. The van der Waals surface area contributed by atoms with E-state index < -0.39 is 0 Å². The van der Waals surface area contributed by atoms with E-state index in [9.17, 15) is 0 Å². The summed E-state index contributed by atoms with van der Waals surface area (Å²) in [5, 5.41) is 0. The van der Waals surface area contributed by atoms with Gasteiger partial charge in [0.2, 0.25) is 0 Å². The van der Waals surface area contributed by atoms with Gasteiger partial charge in [-0.25, -0.2) is 0 Å². The van der Waals surface area contributed by atoms with Gasteiger partial charge in [0, 0.05) is 6.07 Å². The molecule has 1 radical (unpaired) electrons. The third-order valence-electron chi connectivity index (χ3n) is 3.03. The molecular formula is C16H25O. The van der Waals surface area contributed by atoms with E-state index in [0.717, 1.165) is 30.6 Å². The molecule has 0 spiro atoms. The Morgan fingerprint density at radius 1 is 1.12 bits per heavy atom. The monoisotopic (exact) mass is 233 g/mol. The number of rotatable bonds is 8. The molecule has 1 unspecified atom stereocenters. The smallest absolute Gasteiger partial charge is 0.127 e. The average Bonchev–Trinajstić information content (AvgIpc) is 2.30. The number of hydrogen-bond donors (Lipinski definition) is 0. The van der Waals surface area contributed by atoms with Crippen LogP contribution in [0.4, 0.5) is 0 Å². The Hall–Kier alpha value is -0.980. The average molecular weight is 233 g/mol. The van der Waals surface area contributed by atoms with Crippen LogP contribution in [0.5, 0.6) is 5.75 Å². The maximum atomic E-state index is 5.65. The van der Waals surface area contributed by atoms with Crippen molar-refractivity contribution >= 4 is 0 Å². The summed E-state index contributed by atoms with van der Waals surface area (Å²) in [6.45, 7) is 7.71. The molecular weight excluding hydrogens is 208 g/mol. The van der Waals surface area contributed by atoms with Gasteiger partial charge in [-0.05, 0) is 24.3 Å². The van der Waals surface area contributed by atoms with Crippen molar-refractivity contribution in [2.75, 3.05) is 6.61 Å². The van der Waals surface area contributed by atoms with Crippen LogP contribution < -0.4 is 4.74 Å². The molecule has 0 aliphatic heterocycles. The van der Waals surface area contributed by atoms with E-state index in [-0.39, 0.29) is 0 Å². The molecule has 0 saturated heterocycles. The molecule has 1 aromatic carbocycles. The number of ether oxygens (including phenoxy) is 1. The molecule has 0 saturated carbocycles. The van der Waals surface area contributed by atoms with Crippen LogP contribution in [0.1, 0.15) is 46.5 Å². The van der Waals surface area contributed by atoms with Gasteiger partial charge in [0.15, 0.2) is 0 Å². The Labute approximate surface area is 106 Å². The van der Waals surface area contributed by atoms with Crippen LogP contribution in [0, 0.1) is 17.9 Å². The molecule has 0 heterocycles. The Morgan fingerprint density at radius 2 is 1.94 bits per heavy atom. The van der Waals surface area contributed by atoms with Crippen LogP contribution in [-0.4, -0.2) is 6.61 Å². The fourth-order valence-electron chi connectivity index (χ4n) is 1.86. The fourth-order valence-corrected chi connectivity index (χ4v) is 1.86. The molecule has 0 aromatic heterocycles. The van der Waals surface area contributed by atoms with Gasteiger partial charge in [-0.15, -0.1) is 0 Å². The SMILES string of the molecule is CC(C)CCCC(C)CCOc1[c]cccc1. The molecule has 1 aromatic rings. The van der Waals surface area contributed by atoms with E-state index >= 15 is 0 Å². The maximum Gasteiger partial charge on any atom is 0.127 e. The summed E-state index contributed by atoms with van der Waals surface area (Å²) in [6, 6.07) is 10.9. The molecule has 0 N–H and O–H groups in total. The highest BCUT2D eigenvalue weighted by atomic mass is 16.5. The minimum Gasteiger partial charge on any atom is -0.493 e. The van der Waals surface area contributed by atoms with Gasteiger partial charge in [-0.1, -0.05) is 58.2 Å². The van der Waals surface area contributed by atoms with Crippen LogP contribution >= 0.6 is 0 Å². The van der Waals surface area contributed by atoms with Gasteiger partial charge >= 0.3 is 0 Å². The van der Waals surface area contributed by atoms with Gasteiger partial charge in [-0.3, -0.25) is 0 Å². The van der Waals surface area contributed by atoms with Crippen molar-refractivity contribution < 1.29 is 4.74 Å². The lowest BCUT2D eigenvalue weighted by Crippen LogP contribution is -2.04. The van der Waals surface area contributed by atoms with E-state index in [4.69, 9.17) is 4.74 Å². The van der Waals surface area contributed by atoms with Crippen molar-refractivity contribution in [1.82, 2.24) is 0 Å². The van der Waals surface area contributed by atoms with E-state index in [0.29, 0.717) is 0 Å². The molecule has 1 atom stereocenters. The van der Waals surface area contributed by atoms with E-state index in [1.807, 2.05) is 24.3 Å². The van der Waals surface area contributed by atoms with Crippen LogP contribution in [0.15, 0.2) is 24.3 Å². The zero-order valence-corrected chi connectivity index (χ0v) is 11.4. The van der Waals surface area contributed by atoms with Crippen LogP contribution in [0.2, 0.25) is 0 Å². The lowest BCUT2D eigenvalue weighted by molar-refractivity contribution is 0.275. The second-order valence-electron chi connectivity index (χ2n) is 5.29. The topological polar surface area (TPSA) is 9.23 Å². The van der Waals surface area contributed by atoms with E-state index in [1.165, 1.54) is 19.3 Å². The molecule has 0 bridgehead atoms. The fraction of sp³-hybridized carbons (Fsp3) is 0.625. The van der Waals surface area contributed by atoms with E-state index in [2.05, 4.69) is 26.8 Å². The summed E-state index contributed by atoms with van der Waals surface area (Å²) < 4.78 is 5.65. The number of hydrogen-bond acceptors (Lipinski definition) is 1. The molecule has 0 aliphatic carbocycles. The highest BCUT2D eigenvalue weighted by Gasteiger charge is 2.03. The maximum absolute atomic E-state index is 5.65. The molecule has 0 aliphatic rings. The lowest BCUT2D eigenvalue weighted by Gasteiger charge is -2.12. The Bertz CT molecular complexity index is 279. The van der Waals surface area contributed by atoms with E-state index in [1.54, 1.807) is 0 Å².